The second kappa shape index (κ2) is 4.13. The van der Waals surface area contributed by atoms with Crippen molar-refractivity contribution in [3.05, 3.63) is 17.7 Å². The number of aryl methyl sites for hydroxylation is 1. The summed E-state index contributed by atoms with van der Waals surface area (Å²) in [4.78, 5) is 4.46. The number of imidazole rings is 1. The number of aliphatic hydroxyl groups is 1. The smallest absolute Gasteiger partial charge is 0.111 e. The third-order valence-electron chi connectivity index (χ3n) is 3.09. The van der Waals surface area contributed by atoms with Gasteiger partial charge >= 0.3 is 0 Å². The summed E-state index contributed by atoms with van der Waals surface area (Å²) in [6.45, 7) is 0.0561. The van der Waals surface area contributed by atoms with Crippen LogP contribution in [0.4, 0.5) is 0 Å². The van der Waals surface area contributed by atoms with E-state index < -0.39 is 0 Å². The molecule has 3 heteroatoms. The highest BCUT2D eigenvalue weighted by molar-refractivity contribution is 5.07. The minimum atomic E-state index is 0.0561. The zero-order chi connectivity index (χ0) is 9.97. The summed E-state index contributed by atoms with van der Waals surface area (Å²) >= 11 is 0. The molecule has 1 aliphatic rings. The molecule has 0 spiro atoms. The van der Waals surface area contributed by atoms with E-state index in [9.17, 15) is 0 Å². The molecule has 14 heavy (non-hydrogen) atoms. The zero-order valence-corrected chi connectivity index (χ0v) is 8.74. The molecule has 0 bridgehead atoms. The van der Waals surface area contributed by atoms with Crippen LogP contribution in [0.5, 0.6) is 0 Å². The van der Waals surface area contributed by atoms with Crippen LogP contribution in [-0.4, -0.2) is 14.7 Å². The minimum absolute atomic E-state index is 0.0561. The Morgan fingerprint density at radius 3 is 2.71 bits per heavy atom. The Labute approximate surface area is 84.8 Å². The number of hydrogen-bond acceptors (Lipinski definition) is 2. The minimum Gasteiger partial charge on any atom is -0.390 e. The first-order chi connectivity index (χ1) is 6.81. The van der Waals surface area contributed by atoms with Gasteiger partial charge in [-0.25, -0.2) is 4.98 Å². The normalized spacial score (nSPS) is 18.7. The number of aromatic nitrogens is 2. The molecule has 0 unspecified atom stereocenters. The van der Waals surface area contributed by atoms with Gasteiger partial charge in [-0.1, -0.05) is 19.3 Å². The van der Waals surface area contributed by atoms with Crippen molar-refractivity contribution in [1.29, 1.82) is 0 Å². The van der Waals surface area contributed by atoms with Crippen LogP contribution in [-0.2, 0) is 13.7 Å². The van der Waals surface area contributed by atoms with E-state index in [0.29, 0.717) is 5.92 Å². The van der Waals surface area contributed by atoms with E-state index in [0.717, 1.165) is 11.5 Å². The summed E-state index contributed by atoms with van der Waals surface area (Å²) in [5.41, 5.74) is 0.799. The van der Waals surface area contributed by atoms with Crippen molar-refractivity contribution < 1.29 is 5.11 Å². The number of nitrogens with zero attached hydrogens (tertiary/aromatic N) is 2. The summed E-state index contributed by atoms with van der Waals surface area (Å²) in [5.74, 6) is 1.78. The predicted octanol–water partition coefficient (Wildman–Crippen LogP) is 1.96. The first-order valence-electron chi connectivity index (χ1n) is 5.44. The Morgan fingerprint density at radius 1 is 1.43 bits per heavy atom. The Hall–Kier alpha value is -0.830. The molecule has 1 aromatic heterocycles. The van der Waals surface area contributed by atoms with Crippen LogP contribution in [0.3, 0.4) is 0 Å². The SMILES string of the molecule is Cn1cc(CO)nc1C1CCCCC1. The van der Waals surface area contributed by atoms with E-state index in [1.54, 1.807) is 0 Å². The number of aliphatic hydroxyl groups excluding tert-OH is 1. The van der Waals surface area contributed by atoms with Gasteiger partial charge in [0.15, 0.2) is 0 Å². The van der Waals surface area contributed by atoms with Crippen molar-refractivity contribution in [3.63, 3.8) is 0 Å². The van der Waals surface area contributed by atoms with Crippen molar-refractivity contribution in [2.75, 3.05) is 0 Å². The van der Waals surface area contributed by atoms with Crippen LogP contribution in [0.25, 0.3) is 0 Å². The van der Waals surface area contributed by atoms with Gasteiger partial charge in [0.05, 0.1) is 12.3 Å². The van der Waals surface area contributed by atoms with Gasteiger partial charge in [-0.05, 0) is 12.8 Å². The fraction of sp³-hybridized carbons (Fsp3) is 0.727. The van der Waals surface area contributed by atoms with Gasteiger partial charge in [0, 0.05) is 19.2 Å². The molecular weight excluding hydrogens is 176 g/mol. The van der Waals surface area contributed by atoms with Gasteiger partial charge in [0.25, 0.3) is 0 Å². The summed E-state index contributed by atoms with van der Waals surface area (Å²) in [6, 6.07) is 0. The maximum atomic E-state index is 9.00. The Bertz CT molecular complexity index is 300. The van der Waals surface area contributed by atoms with Gasteiger partial charge in [-0.3, -0.25) is 0 Å². The number of hydrogen-bond donors (Lipinski definition) is 1. The second-order valence-corrected chi connectivity index (χ2v) is 4.19. The van der Waals surface area contributed by atoms with E-state index in [2.05, 4.69) is 9.55 Å². The molecule has 0 radical (unpaired) electrons. The lowest BCUT2D eigenvalue weighted by atomic mass is 9.89. The van der Waals surface area contributed by atoms with Crippen LogP contribution in [0.2, 0.25) is 0 Å². The van der Waals surface area contributed by atoms with E-state index in [1.165, 1.54) is 32.1 Å². The molecule has 1 fully saturated rings. The molecular formula is C11H18N2O. The quantitative estimate of drug-likeness (QED) is 0.781. The van der Waals surface area contributed by atoms with Gasteiger partial charge in [0.1, 0.15) is 5.82 Å². The zero-order valence-electron chi connectivity index (χ0n) is 8.74. The fourth-order valence-corrected chi connectivity index (χ4v) is 2.36. The average Bonchev–Trinajstić information content (AvgIpc) is 2.61. The largest absolute Gasteiger partial charge is 0.390 e. The van der Waals surface area contributed by atoms with Crippen LogP contribution in [0, 0.1) is 0 Å². The Balaban J connectivity index is 2.17. The highest BCUT2D eigenvalue weighted by Gasteiger charge is 2.19. The van der Waals surface area contributed by atoms with Crippen LogP contribution >= 0.6 is 0 Å². The topological polar surface area (TPSA) is 38.0 Å². The molecule has 2 rings (SSSR count). The van der Waals surface area contributed by atoms with E-state index in [1.807, 2.05) is 13.2 Å². The van der Waals surface area contributed by atoms with Crippen LogP contribution in [0.1, 0.15) is 49.5 Å². The van der Waals surface area contributed by atoms with Crippen molar-refractivity contribution in [2.45, 2.75) is 44.6 Å². The highest BCUT2D eigenvalue weighted by Crippen LogP contribution is 2.31. The third kappa shape index (κ3) is 1.82. The van der Waals surface area contributed by atoms with Crippen molar-refractivity contribution in [1.82, 2.24) is 9.55 Å². The van der Waals surface area contributed by atoms with Crippen molar-refractivity contribution in [3.8, 4) is 0 Å². The molecule has 3 nitrogen and oxygen atoms in total. The molecule has 1 aliphatic carbocycles. The molecule has 1 aromatic rings. The lowest BCUT2D eigenvalue weighted by molar-refractivity contribution is 0.277. The van der Waals surface area contributed by atoms with Crippen LogP contribution in [0.15, 0.2) is 6.20 Å². The standard InChI is InChI=1S/C11H18N2O/c1-13-7-10(8-14)12-11(13)9-5-3-2-4-6-9/h7,9,14H,2-6,8H2,1H3. The van der Waals surface area contributed by atoms with E-state index in [4.69, 9.17) is 5.11 Å². The maximum absolute atomic E-state index is 9.00. The molecule has 0 saturated heterocycles. The summed E-state index contributed by atoms with van der Waals surface area (Å²) in [5, 5.41) is 9.00. The van der Waals surface area contributed by atoms with Crippen LogP contribution < -0.4 is 0 Å². The lowest BCUT2D eigenvalue weighted by Crippen LogP contribution is -2.09. The number of rotatable bonds is 2. The second-order valence-electron chi connectivity index (χ2n) is 4.19. The predicted molar refractivity (Wildman–Crippen MR) is 55.0 cm³/mol. The highest BCUT2D eigenvalue weighted by atomic mass is 16.3. The van der Waals surface area contributed by atoms with Crippen molar-refractivity contribution in [2.24, 2.45) is 7.05 Å². The maximum Gasteiger partial charge on any atom is 0.111 e. The molecule has 0 aliphatic heterocycles. The summed E-state index contributed by atoms with van der Waals surface area (Å²) < 4.78 is 2.07. The third-order valence-corrected chi connectivity index (χ3v) is 3.09. The van der Waals surface area contributed by atoms with E-state index in [-0.39, 0.29) is 6.61 Å². The monoisotopic (exact) mass is 194 g/mol. The molecule has 0 atom stereocenters. The molecule has 0 amide bonds. The summed E-state index contributed by atoms with van der Waals surface area (Å²) in [7, 11) is 2.02. The fourth-order valence-electron chi connectivity index (χ4n) is 2.36. The first-order valence-corrected chi connectivity index (χ1v) is 5.44. The lowest BCUT2D eigenvalue weighted by Gasteiger charge is -2.20. The van der Waals surface area contributed by atoms with Gasteiger partial charge in [0.2, 0.25) is 0 Å². The van der Waals surface area contributed by atoms with Gasteiger partial charge < -0.3 is 9.67 Å². The molecule has 78 valence electrons. The Kier molecular flexibility index (Phi) is 2.87. The van der Waals surface area contributed by atoms with Gasteiger partial charge in [-0.15, -0.1) is 0 Å². The van der Waals surface area contributed by atoms with Crippen molar-refractivity contribution >= 4 is 0 Å². The Morgan fingerprint density at radius 2 is 2.14 bits per heavy atom. The van der Waals surface area contributed by atoms with Gasteiger partial charge in [-0.2, -0.15) is 0 Å². The summed E-state index contributed by atoms with van der Waals surface area (Å²) in [6.07, 6.45) is 8.47. The first kappa shape index (κ1) is 9.71. The van der Waals surface area contributed by atoms with E-state index >= 15 is 0 Å². The molecule has 1 saturated carbocycles. The molecule has 0 aromatic carbocycles. The molecule has 1 N–H and O–H groups in total. The molecule has 1 heterocycles. The average molecular weight is 194 g/mol.